The van der Waals surface area contributed by atoms with Crippen LogP contribution >= 0.6 is 0 Å². The molecule has 0 saturated carbocycles. The van der Waals surface area contributed by atoms with Gasteiger partial charge < -0.3 is 10.0 Å². The molecule has 6 heteroatoms. The van der Waals surface area contributed by atoms with Crippen LogP contribution in [0.3, 0.4) is 0 Å². The van der Waals surface area contributed by atoms with Crippen molar-refractivity contribution in [2.45, 2.75) is 27.7 Å². The summed E-state index contributed by atoms with van der Waals surface area (Å²) >= 11 is 0. The number of hydrogen-bond acceptors (Lipinski definition) is 5. The first kappa shape index (κ1) is 23.4. The minimum atomic E-state index is 0.206. The highest BCUT2D eigenvalue weighted by molar-refractivity contribution is 5.87. The molecule has 4 aromatic carbocycles. The number of nitrogens with zero attached hydrogens (tertiary/aromatic N) is 5. The third kappa shape index (κ3) is 4.38. The van der Waals surface area contributed by atoms with Gasteiger partial charge in [0, 0.05) is 43.0 Å². The monoisotopic (exact) mass is 476 g/mol. The molecular formula is C30H30N5O+. The van der Waals surface area contributed by atoms with E-state index >= 15 is 0 Å². The highest BCUT2D eigenvalue weighted by Crippen LogP contribution is 2.30. The Hall–Kier alpha value is -4.32. The van der Waals surface area contributed by atoms with E-state index in [0.717, 1.165) is 52.1 Å². The normalized spacial score (nSPS) is 11.6. The lowest BCUT2D eigenvalue weighted by atomic mass is 10.1. The summed E-state index contributed by atoms with van der Waals surface area (Å²) in [4.78, 5) is 7.44. The first-order chi connectivity index (χ1) is 17.5. The van der Waals surface area contributed by atoms with Crippen LogP contribution < -0.4 is 9.47 Å². The second-order valence-electron chi connectivity index (χ2n) is 8.93. The Bertz CT molecular complexity index is 1570. The molecule has 1 heterocycles. The van der Waals surface area contributed by atoms with Crippen LogP contribution in [0.1, 0.15) is 25.0 Å². The minimum absolute atomic E-state index is 0.206. The number of phenolic OH excluding ortho intramolecular Hbond substituents is 1. The Balaban J connectivity index is 1.78. The molecule has 0 saturated heterocycles. The first-order valence-electron chi connectivity index (χ1n) is 12.3. The van der Waals surface area contributed by atoms with E-state index in [0.29, 0.717) is 5.69 Å². The number of phenols is 1. The van der Waals surface area contributed by atoms with Crippen molar-refractivity contribution in [2.24, 2.45) is 10.2 Å². The number of aromatic hydroxyl groups is 1. The van der Waals surface area contributed by atoms with Gasteiger partial charge in [-0.3, -0.25) is 0 Å². The summed E-state index contributed by atoms with van der Waals surface area (Å²) in [6, 6.07) is 25.7. The van der Waals surface area contributed by atoms with Gasteiger partial charge >= 0.3 is 0 Å². The van der Waals surface area contributed by atoms with Gasteiger partial charge in [0.05, 0.1) is 11.4 Å². The van der Waals surface area contributed by atoms with E-state index in [2.05, 4.69) is 89.0 Å². The molecule has 0 atom stereocenters. The molecule has 1 aromatic heterocycles. The SMILES string of the molecule is CCN(CC)c1cc2c(cc1C)nc1cc(C)c(N=Nc3ccc(O)cc3)cc1[n+]2-c1ccccc1. The predicted molar refractivity (Wildman–Crippen MR) is 146 cm³/mol. The molecule has 0 unspecified atom stereocenters. The van der Waals surface area contributed by atoms with Crippen molar-refractivity contribution in [3.05, 3.63) is 90.0 Å². The van der Waals surface area contributed by atoms with Crippen molar-refractivity contribution in [3.8, 4) is 11.4 Å². The van der Waals surface area contributed by atoms with Gasteiger partial charge in [-0.1, -0.05) is 18.2 Å². The molecule has 0 radical (unpaired) electrons. The molecular weight excluding hydrogens is 446 g/mol. The molecule has 5 aromatic rings. The Kier molecular flexibility index (Phi) is 6.34. The van der Waals surface area contributed by atoms with Crippen LogP contribution in [0.25, 0.3) is 27.8 Å². The van der Waals surface area contributed by atoms with Crippen molar-refractivity contribution in [2.75, 3.05) is 18.0 Å². The molecule has 0 bridgehead atoms. The van der Waals surface area contributed by atoms with Crippen LogP contribution in [-0.4, -0.2) is 23.2 Å². The number of rotatable bonds is 6. The van der Waals surface area contributed by atoms with Crippen LogP contribution in [0.5, 0.6) is 5.75 Å². The molecule has 180 valence electrons. The van der Waals surface area contributed by atoms with Gasteiger partial charge in [0.15, 0.2) is 0 Å². The fourth-order valence-electron chi connectivity index (χ4n) is 4.64. The molecule has 0 spiro atoms. The predicted octanol–water partition coefficient (Wildman–Crippen LogP) is 7.25. The molecule has 36 heavy (non-hydrogen) atoms. The summed E-state index contributed by atoms with van der Waals surface area (Å²) in [6.45, 7) is 10.4. The van der Waals surface area contributed by atoms with Crippen molar-refractivity contribution in [3.63, 3.8) is 0 Å². The molecule has 0 aliphatic heterocycles. The van der Waals surface area contributed by atoms with Gasteiger partial charge in [-0.05, 0) is 75.2 Å². The van der Waals surface area contributed by atoms with Gasteiger partial charge in [0.25, 0.3) is 0 Å². The largest absolute Gasteiger partial charge is 0.508 e. The van der Waals surface area contributed by atoms with Crippen molar-refractivity contribution in [1.29, 1.82) is 0 Å². The van der Waals surface area contributed by atoms with E-state index in [1.54, 1.807) is 24.3 Å². The topological polar surface area (TPSA) is 65.0 Å². The lowest BCUT2D eigenvalue weighted by Gasteiger charge is -2.23. The summed E-state index contributed by atoms with van der Waals surface area (Å²) in [6.07, 6.45) is 0. The number of para-hydroxylation sites is 1. The van der Waals surface area contributed by atoms with Gasteiger partial charge in [-0.15, -0.1) is 4.57 Å². The maximum absolute atomic E-state index is 9.55. The van der Waals surface area contributed by atoms with Crippen LogP contribution in [0, 0.1) is 13.8 Å². The third-order valence-corrected chi connectivity index (χ3v) is 6.55. The van der Waals surface area contributed by atoms with Crippen molar-refractivity contribution in [1.82, 2.24) is 4.98 Å². The van der Waals surface area contributed by atoms with Crippen LogP contribution in [-0.2, 0) is 0 Å². The molecule has 0 amide bonds. The summed E-state index contributed by atoms with van der Waals surface area (Å²) in [5.74, 6) is 0.206. The van der Waals surface area contributed by atoms with E-state index in [9.17, 15) is 5.11 Å². The lowest BCUT2D eigenvalue weighted by Crippen LogP contribution is -2.34. The Morgan fingerprint density at radius 3 is 2.08 bits per heavy atom. The second-order valence-corrected chi connectivity index (χ2v) is 8.93. The number of fused-ring (bicyclic) bond motifs is 2. The van der Waals surface area contributed by atoms with Gasteiger partial charge in [-0.2, -0.15) is 10.2 Å². The maximum atomic E-state index is 9.55. The van der Waals surface area contributed by atoms with Gasteiger partial charge in [0.1, 0.15) is 16.8 Å². The number of aryl methyl sites for hydroxylation is 2. The van der Waals surface area contributed by atoms with Gasteiger partial charge in [0.2, 0.25) is 16.7 Å². The summed E-state index contributed by atoms with van der Waals surface area (Å²) in [7, 11) is 0. The molecule has 0 aliphatic rings. The Morgan fingerprint density at radius 2 is 1.42 bits per heavy atom. The van der Waals surface area contributed by atoms with Crippen LogP contribution in [0.15, 0.2) is 89.1 Å². The Morgan fingerprint density at radius 1 is 0.778 bits per heavy atom. The second kappa shape index (κ2) is 9.74. The standard InChI is InChI=1S/C30H29N5O/c1-5-34(6-2)28-19-30-27(17-21(28)4)31-26-16-20(3)25(33-32-22-12-14-24(36)15-13-22)18-29(26)35(30)23-10-8-7-9-11-23/h7-19H,5-6H2,1-4H3/p+1. The molecule has 1 N–H and O–H groups in total. The van der Waals surface area contributed by atoms with E-state index < -0.39 is 0 Å². The molecule has 6 nitrogen and oxygen atoms in total. The number of anilines is 1. The fourth-order valence-corrected chi connectivity index (χ4v) is 4.64. The zero-order chi connectivity index (χ0) is 25.2. The summed E-state index contributed by atoms with van der Waals surface area (Å²) in [5.41, 5.74) is 9.82. The molecule has 5 rings (SSSR count). The fraction of sp³-hybridized carbons (Fsp3) is 0.200. The van der Waals surface area contributed by atoms with E-state index in [1.165, 1.54) is 11.3 Å². The van der Waals surface area contributed by atoms with Crippen molar-refractivity contribution < 1.29 is 9.67 Å². The van der Waals surface area contributed by atoms with Crippen LogP contribution in [0.2, 0.25) is 0 Å². The van der Waals surface area contributed by atoms with Crippen LogP contribution in [0.4, 0.5) is 17.1 Å². The zero-order valence-corrected chi connectivity index (χ0v) is 21.1. The highest BCUT2D eigenvalue weighted by atomic mass is 16.3. The number of benzene rings is 4. The zero-order valence-electron chi connectivity index (χ0n) is 21.1. The number of hydrogen-bond donors (Lipinski definition) is 1. The number of aromatic nitrogens is 2. The third-order valence-electron chi connectivity index (χ3n) is 6.55. The average molecular weight is 477 g/mol. The van der Waals surface area contributed by atoms with E-state index in [4.69, 9.17) is 4.98 Å². The van der Waals surface area contributed by atoms with E-state index in [-0.39, 0.29) is 5.75 Å². The molecule has 0 aliphatic carbocycles. The first-order valence-corrected chi connectivity index (χ1v) is 12.3. The summed E-state index contributed by atoms with van der Waals surface area (Å²) < 4.78 is 2.27. The van der Waals surface area contributed by atoms with Gasteiger partial charge in [-0.25, -0.2) is 4.98 Å². The highest BCUT2D eigenvalue weighted by Gasteiger charge is 2.23. The van der Waals surface area contributed by atoms with E-state index in [1.807, 2.05) is 13.0 Å². The lowest BCUT2D eigenvalue weighted by molar-refractivity contribution is -0.538. The quantitative estimate of drug-likeness (QED) is 0.159. The van der Waals surface area contributed by atoms with Crippen molar-refractivity contribution >= 4 is 39.1 Å². The number of azo groups is 1. The smallest absolute Gasteiger partial charge is 0.239 e. The Labute approximate surface area is 211 Å². The average Bonchev–Trinajstić information content (AvgIpc) is 2.89. The minimum Gasteiger partial charge on any atom is -0.508 e. The summed E-state index contributed by atoms with van der Waals surface area (Å²) in [5, 5.41) is 18.5. The molecule has 0 fully saturated rings. The maximum Gasteiger partial charge on any atom is 0.239 e.